The lowest BCUT2D eigenvalue weighted by molar-refractivity contribution is 0.0907. The molecule has 1 aromatic carbocycles. The molecule has 0 aliphatic heterocycles. The molecular formula is C17H23N5O3. The molecule has 2 rings (SSSR count). The Kier molecular flexibility index (Phi) is 6.94. The largest absolute Gasteiger partial charge is 0.344 e. The van der Waals surface area contributed by atoms with Crippen molar-refractivity contribution in [2.75, 3.05) is 20.1 Å². The van der Waals surface area contributed by atoms with Crippen molar-refractivity contribution in [3.05, 3.63) is 47.6 Å². The van der Waals surface area contributed by atoms with Crippen molar-refractivity contribution in [2.45, 2.75) is 26.3 Å². The van der Waals surface area contributed by atoms with E-state index in [1.54, 1.807) is 11.9 Å². The number of hydrogen-bond donors (Lipinski definition) is 2. The zero-order valence-corrected chi connectivity index (χ0v) is 14.5. The summed E-state index contributed by atoms with van der Waals surface area (Å²) in [5, 5.41) is 9.29. The summed E-state index contributed by atoms with van der Waals surface area (Å²) in [6.07, 6.45) is 1.29. The van der Waals surface area contributed by atoms with Crippen LogP contribution in [0.25, 0.3) is 0 Å². The molecule has 3 amide bonds. The molecule has 0 aliphatic rings. The van der Waals surface area contributed by atoms with Crippen LogP contribution in [0.2, 0.25) is 0 Å². The van der Waals surface area contributed by atoms with Crippen LogP contribution in [0.1, 0.15) is 35.4 Å². The Labute approximate surface area is 146 Å². The van der Waals surface area contributed by atoms with Crippen LogP contribution in [0.15, 0.2) is 34.9 Å². The fourth-order valence-electron chi connectivity index (χ4n) is 2.04. The van der Waals surface area contributed by atoms with Gasteiger partial charge in [0.05, 0.1) is 0 Å². The lowest BCUT2D eigenvalue weighted by Crippen LogP contribution is -2.38. The molecule has 0 radical (unpaired) electrons. The van der Waals surface area contributed by atoms with Crippen LogP contribution >= 0.6 is 0 Å². The van der Waals surface area contributed by atoms with E-state index in [1.165, 1.54) is 0 Å². The SMILES string of the molecule is CCCNC(=O)N(C)CCc1noc(C(=O)NCc2ccccc2)n1. The van der Waals surface area contributed by atoms with Gasteiger partial charge >= 0.3 is 17.8 Å². The van der Waals surface area contributed by atoms with Crippen molar-refractivity contribution >= 4 is 11.9 Å². The highest BCUT2D eigenvalue weighted by molar-refractivity contribution is 5.89. The van der Waals surface area contributed by atoms with E-state index in [2.05, 4.69) is 20.8 Å². The summed E-state index contributed by atoms with van der Waals surface area (Å²) in [4.78, 5) is 29.4. The first-order valence-electron chi connectivity index (χ1n) is 8.23. The second kappa shape index (κ2) is 9.41. The average molecular weight is 345 g/mol. The predicted molar refractivity (Wildman–Crippen MR) is 91.9 cm³/mol. The molecule has 8 heteroatoms. The molecule has 8 nitrogen and oxygen atoms in total. The molecule has 25 heavy (non-hydrogen) atoms. The highest BCUT2D eigenvalue weighted by atomic mass is 16.5. The van der Waals surface area contributed by atoms with Gasteiger partial charge in [0, 0.05) is 33.1 Å². The molecule has 0 unspecified atom stereocenters. The van der Waals surface area contributed by atoms with E-state index in [1.807, 2.05) is 37.3 Å². The second-order valence-electron chi connectivity index (χ2n) is 5.59. The van der Waals surface area contributed by atoms with Crippen molar-refractivity contribution in [3.63, 3.8) is 0 Å². The summed E-state index contributed by atoms with van der Waals surface area (Å²) in [5.74, 6) is -0.110. The monoisotopic (exact) mass is 345 g/mol. The Morgan fingerprint density at radius 1 is 1.20 bits per heavy atom. The third-order valence-electron chi connectivity index (χ3n) is 3.50. The van der Waals surface area contributed by atoms with Gasteiger partial charge in [-0.25, -0.2) is 4.79 Å². The van der Waals surface area contributed by atoms with Crippen molar-refractivity contribution in [1.82, 2.24) is 25.7 Å². The van der Waals surface area contributed by atoms with Gasteiger partial charge in [-0.3, -0.25) is 4.79 Å². The quantitative estimate of drug-likeness (QED) is 0.757. The van der Waals surface area contributed by atoms with Crippen LogP contribution < -0.4 is 10.6 Å². The van der Waals surface area contributed by atoms with E-state index < -0.39 is 5.91 Å². The number of aromatic nitrogens is 2. The Balaban J connectivity index is 1.79. The molecule has 2 N–H and O–H groups in total. The highest BCUT2D eigenvalue weighted by Crippen LogP contribution is 2.02. The lowest BCUT2D eigenvalue weighted by atomic mass is 10.2. The molecule has 1 aromatic heterocycles. The van der Waals surface area contributed by atoms with Crippen LogP contribution in [-0.4, -0.2) is 47.1 Å². The summed E-state index contributed by atoms with van der Waals surface area (Å²) in [5.41, 5.74) is 0.982. The van der Waals surface area contributed by atoms with Crippen molar-refractivity contribution in [1.29, 1.82) is 0 Å². The number of rotatable bonds is 8. The number of nitrogens with zero attached hydrogens (tertiary/aromatic N) is 3. The van der Waals surface area contributed by atoms with Gasteiger partial charge in [0.2, 0.25) is 0 Å². The zero-order valence-electron chi connectivity index (χ0n) is 14.5. The van der Waals surface area contributed by atoms with Gasteiger partial charge < -0.3 is 20.1 Å². The number of urea groups is 1. The number of nitrogens with one attached hydrogen (secondary N) is 2. The summed E-state index contributed by atoms with van der Waals surface area (Å²) < 4.78 is 4.98. The minimum Gasteiger partial charge on any atom is -0.344 e. The Bertz CT molecular complexity index is 687. The molecular weight excluding hydrogens is 322 g/mol. The summed E-state index contributed by atoms with van der Waals surface area (Å²) in [6.45, 7) is 3.44. The van der Waals surface area contributed by atoms with Crippen LogP contribution in [0.4, 0.5) is 4.79 Å². The van der Waals surface area contributed by atoms with Crippen molar-refractivity contribution in [3.8, 4) is 0 Å². The maximum atomic E-state index is 12.0. The molecule has 0 atom stereocenters. The van der Waals surface area contributed by atoms with Gasteiger partial charge in [0.25, 0.3) is 0 Å². The van der Waals surface area contributed by atoms with E-state index in [0.717, 1.165) is 12.0 Å². The number of carbonyl (C=O) groups is 2. The van der Waals surface area contributed by atoms with Gasteiger partial charge in [-0.2, -0.15) is 4.98 Å². The van der Waals surface area contributed by atoms with Gasteiger partial charge in [0.1, 0.15) is 0 Å². The Hall–Kier alpha value is -2.90. The molecule has 0 aliphatic carbocycles. The van der Waals surface area contributed by atoms with Gasteiger partial charge in [-0.15, -0.1) is 0 Å². The predicted octanol–water partition coefficient (Wildman–Crippen LogP) is 1.59. The Morgan fingerprint density at radius 2 is 1.96 bits per heavy atom. The van der Waals surface area contributed by atoms with E-state index >= 15 is 0 Å². The zero-order chi connectivity index (χ0) is 18.1. The molecule has 134 valence electrons. The molecule has 0 saturated heterocycles. The molecule has 0 spiro atoms. The normalized spacial score (nSPS) is 10.3. The van der Waals surface area contributed by atoms with Crippen LogP contribution in [0.3, 0.4) is 0 Å². The maximum Gasteiger partial charge on any atom is 0.317 e. The fourth-order valence-corrected chi connectivity index (χ4v) is 2.04. The van der Waals surface area contributed by atoms with Crippen molar-refractivity contribution < 1.29 is 14.1 Å². The van der Waals surface area contributed by atoms with Crippen LogP contribution in [0, 0.1) is 0 Å². The van der Waals surface area contributed by atoms with Gasteiger partial charge in [-0.1, -0.05) is 42.4 Å². The summed E-state index contributed by atoms with van der Waals surface area (Å²) in [7, 11) is 1.69. The molecule has 2 aromatic rings. The lowest BCUT2D eigenvalue weighted by Gasteiger charge is -2.16. The molecule has 0 fully saturated rings. The first-order valence-corrected chi connectivity index (χ1v) is 8.23. The molecule has 0 saturated carbocycles. The first-order chi connectivity index (χ1) is 12.1. The third kappa shape index (κ3) is 5.91. The van der Waals surface area contributed by atoms with Crippen molar-refractivity contribution in [2.24, 2.45) is 0 Å². The van der Waals surface area contributed by atoms with Crippen LogP contribution in [-0.2, 0) is 13.0 Å². The number of carbonyl (C=O) groups excluding carboxylic acids is 2. The molecule has 1 heterocycles. The van der Waals surface area contributed by atoms with E-state index in [9.17, 15) is 9.59 Å². The van der Waals surface area contributed by atoms with E-state index in [0.29, 0.717) is 31.9 Å². The maximum absolute atomic E-state index is 12.0. The summed E-state index contributed by atoms with van der Waals surface area (Å²) >= 11 is 0. The number of amides is 3. The first kappa shape index (κ1) is 18.4. The van der Waals surface area contributed by atoms with E-state index in [4.69, 9.17) is 4.52 Å². The minimum absolute atomic E-state index is 0.0796. The number of hydrogen-bond acceptors (Lipinski definition) is 5. The molecule has 0 bridgehead atoms. The van der Waals surface area contributed by atoms with Gasteiger partial charge in [-0.05, 0) is 12.0 Å². The Morgan fingerprint density at radius 3 is 2.68 bits per heavy atom. The van der Waals surface area contributed by atoms with Crippen LogP contribution in [0.5, 0.6) is 0 Å². The smallest absolute Gasteiger partial charge is 0.317 e. The summed E-state index contributed by atoms with van der Waals surface area (Å²) in [6, 6.07) is 9.40. The minimum atomic E-state index is -0.420. The average Bonchev–Trinajstić information content (AvgIpc) is 3.12. The number of benzene rings is 1. The highest BCUT2D eigenvalue weighted by Gasteiger charge is 2.16. The second-order valence-corrected chi connectivity index (χ2v) is 5.59. The number of likely N-dealkylation sites (N-methyl/N-ethyl adjacent to an activating group) is 1. The topological polar surface area (TPSA) is 100 Å². The van der Waals surface area contributed by atoms with Gasteiger partial charge in [0.15, 0.2) is 5.82 Å². The standard InChI is InChI=1S/C17H23N5O3/c1-3-10-18-17(24)22(2)11-9-14-20-16(25-21-14)15(23)19-12-13-7-5-4-6-8-13/h4-8H,3,9-12H2,1-2H3,(H,18,24)(H,19,23). The van der Waals surface area contributed by atoms with E-state index in [-0.39, 0.29) is 11.9 Å². The fraction of sp³-hybridized carbons (Fsp3) is 0.412. The third-order valence-corrected chi connectivity index (χ3v) is 3.50.